The molecule has 0 aromatic heterocycles. The Bertz CT molecular complexity index is 937. The average Bonchev–Trinajstić information content (AvgIpc) is 2.73. The second kappa shape index (κ2) is 8.99. The molecule has 1 saturated heterocycles. The lowest BCUT2D eigenvalue weighted by molar-refractivity contribution is -0.137. The first-order valence-corrected chi connectivity index (χ1v) is 10.5. The van der Waals surface area contributed by atoms with Crippen molar-refractivity contribution in [2.24, 2.45) is 5.16 Å². The van der Waals surface area contributed by atoms with Crippen LogP contribution in [0, 0.1) is 6.92 Å². The van der Waals surface area contributed by atoms with Gasteiger partial charge in [0, 0.05) is 26.2 Å². The Kier molecular flexibility index (Phi) is 6.43. The van der Waals surface area contributed by atoms with Gasteiger partial charge in [-0.05, 0) is 30.2 Å². The molecule has 0 unspecified atom stereocenters. The summed E-state index contributed by atoms with van der Waals surface area (Å²) in [5, 5.41) is 3.85. The Labute approximate surface area is 165 Å². The van der Waals surface area contributed by atoms with Crippen molar-refractivity contribution >= 4 is 22.1 Å². The van der Waals surface area contributed by atoms with Gasteiger partial charge >= 0.3 is 0 Å². The zero-order chi connectivity index (χ0) is 20.0. The molecular weight excluding hydrogens is 378 g/mol. The van der Waals surface area contributed by atoms with Crippen LogP contribution in [0.4, 0.5) is 0 Å². The molecule has 2 aromatic rings. The Morgan fingerprint density at radius 1 is 1.04 bits per heavy atom. The van der Waals surface area contributed by atoms with Gasteiger partial charge in [0.15, 0.2) is 6.61 Å². The minimum atomic E-state index is -3.53. The molecule has 1 heterocycles. The van der Waals surface area contributed by atoms with Crippen molar-refractivity contribution < 1.29 is 18.0 Å². The molecule has 1 aliphatic rings. The Hall–Kier alpha value is -2.71. The number of nitrogens with zero attached hydrogens (tertiary/aromatic N) is 3. The molecule has 28 heavy (non-hydrogen) atoms. The highest BCUT2D eigenvalue weighted by Crippen LogP contribution is 2.17. The second-order valence-electron chi connectivity index (χ2n) is 6.46. The van der Waals surface area contributed by atoms with E-state index in [0.29, 0.717) is 13.1 Å². The molecule has 0 atom stereocenters. The number of hydrogen-bond acceptors (Lipinski definition) is 5. The van der Waals surface area contributed by atoms with Gasteiger partial charge in [-0.2, -0.15) is 4.31 Å². The number of carbonyl (C=O) groups excluding carboxylic acids is 1. The number of aryl methyl sites for hydroxylation is 1. The molecule has 0 N–H and O–H groups in total. The van der Waals surface area contributed by atoms with E-state index in [4.69, 9.17) is 4.84 Å². The maximum absolute atomic E-state index is 12.6. The van der Waals surface area contributed by atoms with E-state index in [2.05, 4.69) is 5.16 Å². The summed E-state index contributed by atoms with van der Waals surface area (Å²) in [5.74, 6) is -0.210. The maximum Gasteiger partial charge on any atom is 0.263 e. The van der Waals surface area contributed by atoms with E-state index in [1.807, 2.05) is 31.2 Å². The summed E-state index contributed by atoms with van der Waals surface area (Å²) in [7, 11) is -3.53. The second-order valence-corrected chi connectivity index (χ2v) is 8.40. The first-order valence-electron chi connectivity index (χ1n) is 9.02. The molecule has 7 nitrogen and oxygen atoms in total. The van der Waals surface area contributed by atoms with Gasteiger partial charge in [-0.1, -0.05) is 47.6 Å². The van der Waals surface area contributed by atoms with Crippen molar-refractivity contribution in [3.8, 4) is 0 Å². The zero-order valence-corrected chi connectivity index (χ0v) is 16.5. The van der Waals surface area contributed by atoms with Crippen molar-refractivity contribution in [2.75, 3.05) is 32.8 Å². The Morgan fingerprint density at radius 2 is 1.68 bits per heavy atom. The third-order valence-corrected chi connectivity index (χ3v) is 6.53. The van der Waals surface area contributed by atoms with Crippen molar-refractivity contribution in [3.05, 3.63) is 65.7 Å². The van der Waals surface area contributed by atoms with Crippen molar-refractivity contribution in [1.82, 2.24) is 9.21 Å². The number of piperazine rings is 1. The van der Waals surface area contributed by atoms with E-state index in [1.54, 1.807) is 41.4 Å². The summed E-state index contributed by atoms with van der Waals surface area (Å²) < 4.78 is 26.6. The predicted molar refractivity (Wildman–Crippen MR) is 107 cm³/mol. The number of hydrogen-bond donors (Lipinski definition) is 0. The molecule has 0 spiro atoms. The largest absolute Gasteiger partial charge is 0.386 e. The van der Waals surface area contributed by atoms with Crippen LogP contribution in [0.2, 0.25) is 0 Å². The topological polar surface area (TPSA) is 79.3 Å². The third kappa shape index (κ3) is 4.76. The fourth-order valence-corrected chi connectivity index (χ4v) is 4.37. The maximum atomic E-state index is 12.6. The summed E-state index contributed by atoms with van der Waals surface area (Å²) in [5.41, 5.74) is 1.99. The highest BCUT2D eigenvalue weighted by Gasteiger charge is 2.30. The predicted octanol–water partition coefficient (Wildman–Crippen LogP) is 1.88. The van der Waals surface area contributed by atoms with Crippen LogP contribution in [0.15, 0.2) is 64.6 Å². The number of rotatable bonds is 6. The van der Waals surface area contributed by atoms with Crippen molar-refractivity contribution in [3.63, 3.8) is 0 Å². The van der Waals surface area contributed by atoms with Crippen molar-refractivity contribution in [1.29, 1.82) is 0 Å². The van der Waals surface area contributed by atoms with E-state index in [9.17, 15) is 13.2 Å². The first kappa shape index (κ1) is 20.0. The van der Waals surface area contributed by atoms with Crippen LogP contribution in [0.1, 0.15) is 11.1 Å². The van der Waals surface area contributed by atoms with Gasteiger partial charge in [0.1, 0.15) is 0 Å². The van der Waals surface area contributed by atoms with Gasteiger partial charge < -0.3 is 9.74 Å². The molecule has 1 aliphatic heterocycles. The monoisotopic (exact) mass is 401 g/mol. The fourth-order valence-electron chi connectivity index (χ4n) is 2.93. The summed E-state index contributed by atoms with van der Waals surface area (Å²) in [6.07, 6.45) is 1.58. The SMILES string of the molecule is Cc1ccccc1/C=N/OCC(=O)N1CCN(S(=O)(=O)c2ccccc2)CC1. The number of benzene rings is 2. The van der Waals surface area contributed by atoms with Crippen LogP contribution in [0.25, 0.3) is 0 Å². The highest BCUT2D eigenvalue weighted by molar-refractivity contribution is 7.89. The van der Waals surface area contributed by atoms with Gasteiger partial charge in [0.25, 0.3) is 5.91 Å². The van der Waals surface area contributed by atoms with Crippen molar-refractivity contribution in [2.45, 2.75) is 11.8 Å². The summed E-state index contributed by atoms with van der Waals surface area (Å²) >= 11 is 0. The van der Waals surface area contributed by atoms with Gasteiger partial charge in [-0.25, -0.2) is 8.42 Å². The van der Waals surface area contributed by atoms with Crippen LogP contribution in [-0.4, -0.2) is 62.5 Å². The first-order chi connectivity index (χ1) is 13.5. The molecule has 148 valence electrons. The van der Waals surface area contributed by atoms with Crippen LogP contribution >= 0.6 is 0 Å². The molecule has 0 saturated carbocycles. The quantitative estimate of drug-likeness (QED) is 0.547. The summed E-state index contributed by atoms with van der Waals surface area (Å²) in [4.78, 5) is 19.2. The van der Waals surface area contributed by atoms with E-state index >= 15 is 0 Å². The van der Waals surface area contributed by atoms with E-state index in [0.717, 1.165) is 11.1 Å². The molecular formula is C20H23N3O4S. The zero-order valence-electron chi connectivity index (χ0n) is 15.7. The van der Waals surface area contributed by atoms with E-state index < -0.39 is 10.0 Å². The summed E-state index contributed by atoms with van der Waals surface area (Å²) in [6, 6.07) is 16.0. The molecule has 0 bridgehead atoms. The lowest BCUT2D eigenvalue weighted by Gasteiger charge is -2.33. The number of oxime groups is 1. The molecule has 0 aliphatic carbocycles. The number of amides is 1. The Morgan fingerprint density at radius 3 is 2.36 bits per heavy atom. The normalized spacial score (nSPS) is 15.7. The number of sulfonamides is 1. The summed E-state index contributed by atoms with van der Waals surface area (Å²) in [6.45, 7) is 2.97. The van der Waals surface area contributed by atoms with Crippen LogP contribution in [-0.2, 0) is 19.7 Å². The van der Waals surface area contributed by atoms with Gasteiger partial charge in [-0.15, -0.1) is 0 Å². The number of carbonyl (C=O) groups is 1. The fraction of sp³-hybridized carbons (Fsp3) is 0.300. The van der Waals surface area contributed by atoms with E-state index in [1.165, 1.54) is 4.31 Å². The molecule has 8 heteroatoms. The van der Waals surface area contributed by atoms with Crippen LogP contribution < -0.4 is 0 Å². The van der Waals surface area contributed by atoms with Crippen LogP contribution in [0.3, 0.4) is 0 Å². The lowest BCUT2D eigenvalue weighted by atomic mass is 10.1. The molecule has 1 fully saturated rings. The average molecular weight is 401 g/mol. The Balaban J connectivity index is 1.48. The lowest BCUT2D eigenvalue weighted by Crippen LogP contribution is -2.51. The smallest absolute Gasteiger partial charge is 0.263 e. The highest BCUT2D eigenvalue weighted by atomic mass is 32.2. The van der Waals surface area contributed by atoms with Crippen LogP contribution in [0.5, 0.6) is 0 Å². The van der Waals surface area contributed by atoms with Gasteiger partial charge in [-0.3, -0.25) is 4.79 Å². The standard InChI is InChI=1S/C20H23N3O4S/c1-17-7-5-6-8-18(17)15-21-27-16-20(24)22-11-13-23(14-12-22)28(25,26)19-9-3-2-4-10-19/h2-10,15H,11-14,16H2,1H3/b21-15+. The third-order valence-electron chi connectivity index (χ3n) is 4.62. The van der Waals surface area contributed by atoms with E-state index in [-0.39, 0.29) is 30.5 Å². The van der Waals surface area contributed by atoms with Gasteiger partial charge in [0.05, 0.1) is 11.1 Å². The molecule has 2 aromatic carbocycles. The minimum absolute atomic E-state index is 0.173. The molecule has 1 amide bonds. The molecule has 0 radical (unpaired) electrons. The van der Waals surface area contributed by atoms with Gasteiger partial charge in [0.2, 0.25) is 10.0 Å². The minimum Gasteiger partial charge on any atom is -0.386 e. The molecule has 3 rings (SSSR count).